The lowest BCUT2D eigenvalue weighted by Gasteiger charge is -2.37. The van der Waals surface area contributed by atoms with Gasteiger partial charge in [0.2, 0.25) is 0 Å². The van der Waals surface area contributed by atoms with Gasteiger partial charge in [0.25, 0.3) is 5.69 Å². The normalized spacial score (nSPS) is 18.3. The number of aliphatic hydroxyl groups is 1. The summed E-state index contributed by atoms with van der Waals surface area (Å²) in [4.78, 5) is 14.4. The number of nitro benzene ring substituents is 1. The molecule has 0 spiro atoms. The van der Waals surface area contributed by atoms with Crippen LogP contribution in [0.5, 0.6) is 11.5 Å². The van der Waals surface area contributed by atoms with Gasteiger partial charge in [-0.25, -0.2) is 0 Å². The highest BCUT2D eigenvalue weighted by molar-refractivity contribution is 5.55. The number of hydrogen-bond acceptors (Lipinski definition) is 7. The van der Waals surface area contributed by atoms with Crippen LogP contribution in [-0.2, 0) is 6.18 Å². The fraction of sp³-hybridized carbons (Fsp3) is 0.438. The van der Waals surface area contributed by atoms with Gasteiger partial charge in [-0.1, -0.05) is 30.3 Å². The number of nitrogens with zero attached hydrogens (tertiary/aromatic N) is 3. The standard InChI is InChI=1S/C32H37F3N4O4/c33-32(34,35)29-22-26(8-11-30(29)39(41)42)36-25-14-20-38(21-15-25)31(40)16-19-37-17-12-24(13-18-37)23-6-9-28(10-7-23)43-27-4-2-1-3-5-27/h1-11,22,24-25,31,36,40H,12-21H2. The summed E-state index contributed by atoms with van der Waals surface area (Å²) in [5.41, 5.74) is -0.689. The number of rotatable bonds is 10. The Morgan fingerprint density at radius 2 is 1.58 bits per heavy atom. The predicted molar refractivity (Wildman–Crippen MR) is 158 cm³/mol. The summed E-state index contributed by atoms with van der Waals surface area (Å²) in [7, 11) is 0. The third-order valence-corrected chi connectivity index (χ3v) is 8.44. The van der Waals surface area contributed by atoms with Crippen molar-refractivity contribution >= 4 is 11.4 Å². The van der Waals surface area contributed by atoms with Crippen molar-refractivity contribution in [3.05, 3.63) is 94.0 Å². The van der Waals surface area contributed by atoms with E-state index in [1.54, 1.807) is 0 Å². The molecule has 0 aliphatic carbocycles. The van der Waals surface area contributed by atoms with E-state index in [-0.39, 0.29) is 11.7 Å². The molecule has 230 valence electrons. The first-order valence-electron chi connectivity index (χ1n) is 14.8. The molecule has 2 aliphatic rings. The minimum atomic E-state index is -4.81. The molecule has 11 heteroatoms. The van der Waals surface area contributed by atoms with Crippen LogP contribution in [0.2, 0.25) is 0 Å². The summed E-state index contributed by atoms with van der Waals surface area (Å²) in [5.74, 6) is 2.14. The second-order valence-corrected chi connectivity index (χ2v) is 11.3. The number of hydrogen-bond donors (Lipinski definition) is 2. The Kier molecular flexibility index (Phi) is 9.84. The molecule has 0 saturated carbocycles. The molecule has 1 atom stereocenters. The lowest BCUT2D eigenvalue weighted by atomic mass is 9.89. The van der Waals surface area contributed by atoms with Crippen LogP contribution >= 0.6 is 0 Å². The molecule has 43 heavy (non-hydrogen) atoms. The smallest absolute Gasteiger partial charge is 0.423 e. The van der Waals surface area contributed by atoms with Gasteiger partial charge in [0.1, 0.15) is 23.3 Å². The fourth-order valence-corrected chi connectivity index (χ4v) is 5.99. The van der Waals surface area contributed by atoms with Crippen LogP contribution < -0.4 is 10.1 Å². The largest absolute Gasteiger partial charge is 0.457 e. The number of alkyl halides is 3. The highest BCUT2D eigenvalue weighted by Gasteiger charge is 2.38. The predicted octanol–water partition coefficient (Wildman–Crippen LogP) is 6.87. The number of para-hydroxylation sites is 1. The number of anilines is 1. The van der Waals surface area contributed by atoms with Crippen molar-refractivity contribution in [1.29, 1.82) is 0 Å². The number of ether oxygens (including phenoxy) is 1. The van der Waals surface area contributed by atoms with Crippen molar-refractivity contribution < 1.29 is 27.9 Å². The lowest BCUT2D eigenvalue weighted by Crippen LogP contribution is -2.46. The van der Waals surface area contributed by atoms with Crippen molar-refractivity contribution in [3.8, 4) is 11.5 Å². The summed E-state index contributed by atoms with van der Waals surface area (Å²) in [5, 5.41) is 24.9. The van der Waals surface area contributed by atoms with E-state index in [1.807, 2.05) is 47.4 Å². The minimum Gasteiger partial charge on any atom is -0.457 e. The Hall–Kier alpha value is -3.67. The van der Waals surface area contributed by atoms with Gasteiger partial charge in [-0.05, 0) is 93.1 Å². The molecule has 3 aromatic rings. The minimum absolute atomic E-state index is 0.0796. The van der Waals surface area contributed by atoms with Gasteiger partial charge in [0.15, 0.2) is 0 Å². The number of nitrogens with one attached hydrogen (secondary N) is 1. The zero-order chi connectivity index (χ0) is 30.4. The maximum atomic E-state index is 13.3. The number of likely N-dealkylation sites (tertiary alicyclic amines) is 2. The number of nitro groups is 1. The number of piperidine rings is 2. The summed E-state index contributed by atoms with van der Waals surface area (Å²) in [6.07, 6.45) is -1.34. The molecular weight excluding hydrogens is 561 g/mol. The zero-order valence-electron chi connectivity index (χ0n) is 23.9. The summed E-state index contributed by atoms with van der Waals surface area (Å²) in [6, 6.07) is 21.0. The van der Waals surface area contributed by atoms with Gasteiger partial charge < -0.3 is 20.1 Å². The fourth-order valence-electron chi connectivity index (χ4n) is 5.99. The quantitative estimate of drug-likeness (QED) is 0.194. The third kappa shape index (κ3) is 8.25. The van der Waals surface area contributed by atoms with Crippen molar-refractivity contribution in [1.82, 2.24) is 9.80 Å². The summed E-state index contributed by atoms with van der Waals surface area (Å²) >= 11 is 0. The van der Waals surface area contributed by atoms with Crippen molar-refractivity contribution in [2.24, 2.45) is 0 Å². The number of benzene rings is 3. The van der Waals surface area contributed by atoms with Gasteiger partial charge in [0.05, 0.1) is 4.92 Å². The molecule has 2 heterocycles. The first kappa shape index (κ1) is 30.8. The van der Waals surface area contributed by atoms with E-state index in [1.165, 1.54) is 11.6 Å². The van der Waals surface area contributed by atoms with E-state index >= 15 is 0 Å². The molecule has 0 bridgehead atoms. The third-order valence-electron chi connectivity index (χ3n) is 8.44. The van der Waals surface area contributed by atoms with Crippen LogP contribution in [0.25, 0.3) is 0 Å². The maximum Gasteiger partial charge on any atom is 0.423 e. The van der Waals surface area contributed by atoms with E-state index in [0.717, 1.165) is 56.1 Å². The van der Waals surface area contributed by atoms with Crippen molar-refractivity contribution in [2.45, 2.75) is 56.5 Å². The Bertz CT molecular complexity index is 1340. The molecular formula is C32H37F3N4O4. The van der Waals surface area contributed by atoms with E-state index in [4.69, 9.17) is 4.74 Å². The average molecular weight is 599 g/mol. The van der Waals surface area contributed by atoms with Crippen LogP contribution in [0.1, 0.15) is 49.1 Å². The van der Waals surface area contributed by atoms with Gasteiger partial charge in [-0.2, -0.15) is 13.2 Å². The van der Waals surface area contributed by atoms with Gasteiger partial charge >= 0.3 is 6.18 Å². The summed E-state index contributed by atoms with van der Waals surface area (Å²) < 4.78 is 45.8. The topological polar surface area (TPSA) is 91.1 Å². The van der Waals surface area contributed by atoms with Crippen LogP contribution in [0.3, 0.4) is 0 Å². The lowest BCUT2D eigenvalue weighted by molar-refractivity contribution is -0.388. The monoisotopic (exact) mass is 598 g/mol. The number of halogens is 3. The van der Waals surface area contributed by atoms with Gasteiger partial charge in [-0.15, -0.1) is 0 Å². The molecule has 0 amide bonds. The molecule has 0 aromatic heterocycles. The van der Waals surface area contributed by atoms with E-state index in [2.05, 4.69) is 22.3 Å². The van der Waals surface area contributed by atoms with E-state index < -0.39 is 28.6 Å². The van der Waals surface area contributed by atoms with Crippen LogP contribution in [-0.4, -0.2) is 64.8 Å². The van der Waals surface area contributed by atoms with E-state index in [0.29, 0.717) is 38.3 Å². The van der Waals surface area contributed by atoms with Crippen LogP contribution in [0, 0.1) is 10.1 Å². The molecule has 2 fully saturated rings. The average Bonchev–Trinajstić information content (AvgIpc) is 3.01. The first-order valence-corrected chi connectivity index (χ1v) is 14.8. The molecule has 5 rings (SSSR count). The second-order valence-electron chi connectivity index (χ2n) is 11.3. The van der Waals surface area contributed by atoms with Crippen molar-refractivity contribution in [2.75, 3.05) is 38.0 Å². The molecule has 8 nitrogen and oxygen atoms in total. The van der Waals surface area contributed by atoms with Crippen LogP contribution in [0.4, 0.5) is 24.5 Å². The molecule has 2 aliphatic heterocycles. The second kappa shape index (κ2) is 13.7. The highest BCUT2D eigenvalue weighted by atomic mass is 19.4. The SMILES string of the molecule is O=[N+]([O-])c1ccc(NC2CCN(C(O)CCN3CCC(c4ccc(Oc5ccccc5)cc4)CC3)CC2)cc1C(F)(F)F. The maximum absolute atomic E-state index is 13.3. The number of aliphatic hydroxyl groups excluding tert-OH is 1. The molecule has 1 unspecified atom stereocenters. The van der Waals surface area contributed by atoms with Gasteiger partial charge in [0, 0.05) is 37.4 Å². The molecule has 2 N–H and O–H groups in total. The zero-order valence-corrected chi connectivity index (χ0v) is 23.9. The van der Waals surface area contributed by atoms with E-state index in [9.17, 15) is 28.4 Å². The van der Waals surface area contributed by atoms with Gasteiger partial charge in [-0.3, -0.25) is 15.0 Å². The highest BCUT2D eigenvalue weighted by Crippen LogP contribution is 2.38. The molecule has 3 aromatic carbocycles. The van der Waals surface area contributed by atoms with Crippen molar-refractivity contribution in [3.63, 3.8) is 0 Å². The Labute approximate surface area is 249 Å². The Morgan fingerprint density at radius 3 is 2.21 bits per heavy atom. The molecule has 0 radical (unpaired) electrons. The Morgan fingerprint density at radius 1 is 0.930 bits per heavy atom. The summed E-state index contributed by atoms with van der Waals surface area (Å²) in [6.45, 7) is 3.98. The first-order chi connectivity index (χ1) is 20.7. The molecule has 2 saturated heterocycles. The Balaban J connectivity index is 1.02. The van der Waals surface area contributed by atoms with Crippen LogP contribution in [0.15, 0.2) is 72.8 Å².